The second-order valence-electron chi connectivity index (χ2n) is 4.49. The van der Waals surface area contributed by atoms with Crippen molar-refractivity contribution in [1.29, 1.82) is 0 Å². The smallest absolute Gasteiger partial charge is 0.0758 e. The molecule has 1 aliphatic rings. The van der Waals surface area contributed by atoms with Crippen LogP contribution in [0.5, 0.6) is 0 Å². The van der Waals surface area contributed by atoms with Crippen LogP contribution in [0.4, 0.5) is 5.69 Å². The fourth-order valence-corrected chi connectivity index (χ4v) is 2.01. The number of anilines is 1. The number of rotatable bonds is 2. The monoisotopic (exact) mass is 208 g/mol. The van der Waals surface area contributed by atoms with E-state index in [-0.39, 0.29) is 0 Å². The Balaban J connectivity index is 1.94. The Morgan fingerprint density at radius 3 is 2.53 bits per heavy atom. The van der Waals surface area contributed by atoms with Crippen molar-refractivity contribution in [3.05, 3.63) is 11.9 Å². The standard InChI is InChI=1S/C11H20N4/c1-9-11(8-12-15(9)3)13-10-4-6-14(2)7-5-10/h8,10,13H,4-7H2,1-3H3. The molecule has 0 aromatic carbocycles. The minimum Gasteiger partial charge on any atom is -0.379 e. The van der Waals surface area contributed by atoms with Crippen molar-refractivity contribution in [3.63, 3.8) is 0 Å². The van der Waals surface area contributed by atoms with Crippen molar-refractivity contribution >= 4 is 5.69 Å². The van der Waals surface area contributed by atoms with Crippen LogP contribution in [0.2, 0.25) is 0 Å². The van der Waals surface area contributed by atoms with Gasteiger partial charge in [-0.25, -0.2) is 0 Å². The molecule has 0 atom stereocenters. The minimum atomic E-state index is 0.615. The second-order valence-corrected chi connectivity index (χ2v) is 4.49. The quantitative estimate of drug-likeness (QED) is 0.793. The highest BCUT2D eigenvalue weighted by Crippen LogP contribution is 2.18. The summed E-state index contributed by atoms with van der Waals surface area (Å²) in [4.78, 5) is 2.38. The van der Waals surface area contributed by atoms with Crippen LogP contribution in [0.1, 0.15) is 18.5 Å². The van der Waals surface area contributed by atoms with Crippen LogP contribution in [0.25, 0.3) is 0 Å². The topological polar surface area (TPSA) is 33.1 Å². The predicted molar refractivity (Wildman–Crippen MR) is 62.1 cm³/mol. The lowest BCUT2D eigenvalue weighted by Crippen LogP contribution is -2.36. The third-order valence-electron chi connectivity index (χ3n) is 3.31. The Bertz CT molecular complexity index is 323. The summed E-state index contributed by atoms with van der Waals surface area (Å²) in [5.41, 5.74) is 2.40. The van der Waals surface area contributed by atoms with Gasteiger partial charge in [-0.2, -0.15) is 5.10 Å². The molecular weight excluding hydrogens is 188 g/mol. The Hall–Kier alpha value is -1.03. The maximum atomic E-state index is 4.24. The highest BCUT2D eigenvalue weighted by atomic mass is 15.3. The van der Waals surface area contributed by atoms with Crippen molar-refractivity contribution in [2.75, 3.05) is 25.5 Å². The van der Waals surface area contributed by atoms with Gasteiger partial charge in [0.15, 0.2) is 0 Å². The zero-order valence-corrected chi connectivity index (χ0v) is 9.82. The van der Waals surface area contributed by atoms with E-state index in [0.717, 1.165) is 0 Å². The summed E-state index contributed by atoms with van der Waals surface area (Å²) >= 11 is 0. The molecule has 84 valence electrons. The summed E-state index contributed by atoms with van der Waals surface area (Å²) < 4.78 is 1.91. The number of hydrogen-bond donors (Lipinski definition) is 1. The Labute approximate surface area is 91.3 Å². The van der Waals surface area contributed by atoms with E-state index < -0.39 is 0 Å². The fraction of sp³-hybridized carbons (Fsp3) is 0.727. The predicted octanol–water partition coefficient (Wildman–Crippen LogP) is 1.23. The number of nitrogens with one attached hydrogen (secondary N) is 1. The third-order valence-corrected chi connectivity index (χ3v) is 3.31. The van der Waals surface area contributed by atoms with Gasteiger partial charge in [0.25, 0.3) is 0 Å². The zero-order chi connectivity index (χ0) is 10.8. The normalized spacial score (nSPS) is 19.4. The molecule has 1 aromatic heterocycles. The molecule has 0 saturated carbocycles. The van der Waals surface area contributed by atoms with Gasteiger partial charge >= 0.3 is 0 Å². The van der Waals surface area contributed by atoms with E-state index in [9.17, 15) is 0 Å². The van der Waals surface area contributed by atoms with E-state index in [1.165, 1.54) is 37.3 Å². The van der Waals surface area contributed by atoms with Gasteiger partial charge in [0, 0.05) is 13.1 Å². The molecule has 0 amide bonds. The largest absolute Gasteiger partial charge is 0.379 e. The summed E-state index contributed by atoms with van der Waals surface area (Å²) in [6.07, 6.45) is 4.38. The molecule has 1 aliphatic heterocycles. The number of likely N-dealkylation sites (tertiary alicyclic amines) is 1. The van der Waals surface area contributed by atoms with Crippen LogP contribution >= 0.6 is 0 Å². The number of hydrogen-bond acceptors (Lipinski definition) is 3. The van der Waals surface area contributed by atoms with E-state index in [1.54, 1.807) is 0 Å². The van der Waals surface area contributed by atoms with E-state index in [0.29, 0.717) is 6.04 Å². The molecule has 0 spiro atoms. The van der Waals surface area contributed by atoms with Crippen molar-refractivity contribution in [1.82, 2.24) is 14.7 Å². The van der Waals surface area contributed by atoms with Crippen molar-refractivity contribution < 1.29 is 0 Å². The molecule has 1 saturated heterocycles. The first-order chi connectivity index (χ1) is 7.16. The first-order valence-electron chi connectivity index (χ1n) is 5.60. The summed E-state index contributed by atoms with van der Waals surface area (Å²) in [7, 11) is 4.17. The average molecular weight is 208 g/mol. The lowest BCUT2D eigenvalue weighted by Gasteiger charge is -2.29. The van der Waals surface area contributed by atoms with Crippen LogP contribution in [0.3, 0.4) is 0 Å². The maximum absolute atomic E-state index is 4.24. The van der Waals surface area contributed by atoms with Gasteiger partial charge < -0.3 is 10.2 Å². The van der Waals surface area contributed by atoms with E-state index in [2.05, 4.69) is 29.3 Å². The van der Waals surface area contributed by atoms with Crippen molar-refractivity contribution in [2.24, 2.45) is 7.05 Å². The Morgan fingerprint density at radius 2 is 2.00 bits per heavy atom. The van der Waals surface area contributed by atoms with E-state index in [1.807, 2.05) is 17.9 Å². The molecule has 4 nitrogen and oxygen atoms in total. The number of piperidine rings is 1. The van der Waals surface area contributed by atoms with Gasteiger partial charge in [-0.15, -0.1) is 0 Å². The summed E-state index contributed by atoms with van der Waals surface area (Å²) in [6, 6.07) is 0.615. The first-order valence-corrected chi connectivity index (χ1v) is 5.60. The second kappa shape index (κ2) is 4.23. The number of aromatic nitrogens is 2. The zero-order valence-electron chi connectivity index (χ0n) is 9.82. The summed E-state index contributed by atoms with van der Waals surface area (Å²) in [5, 5.41) is 7.82. The van der Waals surface area contributed by atoms with Gasteiger partial charge in [0.1, 0.15) is 0 Å². The lowest BCUT2D eigenvalue weighted by molar-refractivity contribution is 0.264. The van der Waals surface area contributed by atoms with Crippen molar-refractivity contribution in [3.8, 4) is 0 Å². The summed E-state index contributed by atoms with van der Waals surface area (Å²) in [5.74, 6) is 0. The highest BCUT2D eigenvalue weighted by molar-refractivity contribution is 5.46. The molecule has 2 rings (SSSR count). The molecule has 1 fully saturated rings. The van der Waals surface area contributed by atoms with Gasteiger partial charge in [0.2, 0.25) is 0 Å². The van der Waals surface area contributed by atoms with Gasteiger partial charge in [0.05, 0.1) is 17.6 Å². The van der Waals surface area contributed by atoms with Crippen LogP contribution < -0.4 is 5.32 Å². The molecule has 2 heterocycles. The molecule has 1 aromatic rings. The van der Waals surface area contributed by atoms with Gasteiger partial charge in [-0.05, 0) is 39.9 Å². The Kier molecular flexibility index (Phi) is 2.95. The number of aryl methyl sites for hydroxylation is 1. The first kappa shape index (κ1) is 10.5. The molecule has 0 bridgehead atoms. The fourth-order valence-electron chi connectivity index (χ4n) is 2.01. The molecule has 0 unspecified atom stereocenters. The van der Waals surface area contributed by atoms with E-state index >= 15 is 0 Å². The van der Waals surface area contributed by atoms with Crippen LogP contribution in [-0.4, -0.2) is 40.9 Å². The summed E-state index contributed by atoms with van der Waals surface area (Å²) in [6.45, 7) is 4.48. The molecule has 15 heavy (non-hydrogen) atoms. The van der Waals surface area contributed by atoms with Crippen LogP contribution in [-0.2, 0) is 7.05 Å². The average Bonchev–Trinajstić information content (AvgIpc) is 2.53. The Morgan fingerprint density at radius 1 is 1.33 bits per heavy atom. The van der Waals surface area contributed by atoms with Crippen LogP contribution in [0, 0.1) is 6.92 Å². The molecule has 0 radical (unpaired) electrons. The lowest BCUT2D eigenvalue weighted by atomic mass is 10.1. The number of nitrogens with zero attached hydrogens (tertiary/aromatic N) is 3. The highest BCUT2D eigenvalue weighted by Gasteiger charge is 2.17. The third kappa shape index (κ3) is 2.31. The molecule has 0 aliphatic carbocycles. The van der Waals surface area contributed by atoms with Crippen LogP contribution in [0.15, 0.2) is 6.20 Å². The molecule has 1 N–H and O–H groups in total. The van der Waals surface area contributed by atoms with E-state index in [4.69, 9.17) is 0 Å². The van der Waals surface area contributed by atoms with Gasteiger partial charge in [-0.3, -0.25) is 4.68 Å². The SMILES string of the molecule is Cc1c(NC2CCN(C)CC2)cnn1C. The minimum absolute atomic E-state index is 0.615. The van der Waals surface area contributed by atoms with Crippen molar-refractivity contribution in [2.45, 2.75) is 25.8 Å². The molecular formula is C11H20N4. The maximum Gasteiger partial charge on any atom is 0.0758 e. The van der Waals surface area contributed by atoms with Gasteiger partial charge in [-0.1, -0.05) is 0 Å². The molecule has 4 heteroatoms.